The minimum absolute atomic E-state index is 0.0988. The van der Waals surface area contributed by atoms with Crippen LogP contribution >= 0.6 is 0 Å². The quantitative estimate of drug-likeness (QED) is 0.922. The summed E-state index contributed by atoms with van der Waals surface area (Å²) in [5, 5.41) is 15.7. The zero-order valence-electron chi connectivity index (χ0n) is 13.8. The van der Waals surface area contributed by atoms with Crippen LogP contribution in [0.3, 0.4) is 0 Å². The molecule has 1 aliphatic heterocycles. The summed E-state index contributed by atoms with van der Waals surface area (Å²) in [5.41, 5.74) is 2.54. The summed E-state index contributed by atoms with van der Waals surface area (Å²) >= 11 is 0. The third kappa shape index (κ3) is 3.49. The topological polar surface area (TPSA) is 75.9 Å². The van der Waals surface area contributed by atoms with Gasteiger partial charge in [-0.2, -0.15) is 10.2 Å². The number of nitrogens with zero attached hydrogens (tertiary/aromatic N) is 5. The normalized spacial score (nSPS) is 18.0. The maximum atomic E-state index is 12.2. The lowest BCUT2D eigenvalue weighted by atomic mass is 10.1. The van der Waals surface area contributed by atoms with Crippen molar-refractivity contribution in [1.82, 2.24) is 25.3 Å². The van der Waals surface area contributed by atoms with Crippen molar-refractivity contribution < 1.29 is 4.79 Å². The molecule has 122 valence electrons. The van der Waals surface area contributed by atoms with E-state index < -0.39 is 0 Å². The number of nitrogens with one attached hydrogen (secondary N) is 1. The molecule has 1 N–H and O–H groups in total. The van der Waals surface area contributed by atoms with Gasteiger partial charge in [0.1, 0.15) is 5.69 Å². The van der Waals surface area contributed by atoms with Gasteiger partial charge in [-0.25, -0.2) is 0 Å². The van der Waals surface area contributed by atoms with Crippen LogP contribution in [0, 0.1) is 13.8 Å². The second-order valence-electron chi connectivity index (χ2n) is 6.10. The molecule has 2 aromatic heterocycles. The van der Waals surface area contributed by atoms with Gasteiger partial charge in [0.15, 0.2) is 5.82 Å². The minimum atomic E-state index is -0.122. The Labute approximate surface area is 135 Å². The molecule has 0 saturated carbocycles. The van der Waals surface area contributed by atoms with E-state index in [0.29, 0.717) is 5.69 Å². The number of hydrogen-bond donors (Lipinski definition) is 1. The molecule has 1 atom stereocenters. The summed E-state index contributed by atoms with van der Waals surface area (Å²) in [6.45, 7) is 5.68. The second-order valence-corrected chi connectivity index (χ2v) is 6.10. The molecule has 1 fully saturated rings. The Hall–Kier alpha value is -2.44. The first kappa shape index (κ1) is 15.5. The molecule has 0 aromatic carbocycles. The van der Waals surface area contributed by atoms with Crippen molar-refractivity contribution >= 4 is 11.7 Å². The van der Waals surface area contributed by atoms with Crippen LogP contribution < -0.4 is 10.2 Å². The maximum Gasteiger partial charge on any atom is 0.272 e. The molecular weight excluding hydrogens is 292 g/mol. The Morgan fingerprint density at radius 1 is 1.35 bits per heavy atom. The summed E-state index contributed by atoms with van der Waals surface area (Å²) < 4.78 is 1.63. The summed E-state index contributed by atoms with van der Waals surface area (Å²) in [6, 6.07) is 3.89. The van der Waals surface area contributed by atoms with Crippen LogP contribution in [-0.4, -0.2) is 45.0 Å². The highest BCUT2D eigenvalue weighted by Gasteiger charge is 2.23. The van der Waals surface area contributed by atoms with Gasteiger partial charge in [0, 0.05) is 32.4 Å². The minimum Gasteiger partial charge on any atom is -0.353 e. The van der Waals surface area contributed by atoms with Gasteiger partial charge in [-0.3, -0.25) is 9.48 Å². The number of piperidine rings is 1. The number of rotatable bonds is 3. The molecule has 1 saturated heterocycles. The first-order chi connectivity index (χ1) is 11.0. The van der Waals surface area contributed by atoms with E-state index in [-0.39, 0.29) is 11.9 Å². The van der Waals surface area contributed by atoms with E-state index >= 15 is 0 Å². The van der Waals surface area contributed by atoms with Crippen molar-refractivity contribution in [3.05, 3.63) is 35.3 Å². The Morgan fingerprint density at radius 2 is 2.17 bits per heavy atom. The maximum absolute atomic E-state index is 12.2. The van der Waals surface area contributed by atoms with Crippen molar-refractivity contribution in [2.24, 2.45) is 7.05 Å². The van der Waals surface area contributed by atoms with Gasteiger partial charge in [0.05, 0.1) is 5.69 Å². The van der Waals surface area contributed by atoms with Crippen molar-refractivity contribution in [3.8, 4) is 0 Å². The third-order valence-corrected chi connectivity index (χ3v) is 4.25. The highest BCUT2D eigenvalue weighted by atomic mass is 16.2. The molecule has 0 bridgehead atoms. The van der Waals surface area contributed by atoms with Crippen molar-refractivity contribution in [1.29, 1.82) is 0 Å². The number of amides is 1. The molecule has 7 nitrogen and oxygen atoms in total. The molecular formula is C16H22N6O. The molecule has 3 heterocycles. The molecule has 7 heteroatoms. The number of carbonyl (C=O) groups is 1. The van der Waals surface area contributed by atoms with Gasteiger partial charge in [-0.1, -0.05) is 0 Å². The van der Waals surface area contributed by atoms with E-state index in [2.05, 4.69) is 31.6 Å². The van der Waals surface area contributed by atoms with E-state index in [1.165, 1.54) is 0 Å². The first-order valence-corrected chi connectivity index (χ1v) is 7.89. The summed E-state index contributed by atoms with van der Waals surface area (Å²) in [6.07, 6.45) is 3.75. The fourth-order valence-electron chi connectivity index (χ4n) is 2.79. The Kier molecular flexibility index (Phi) is 4.27. The van der Waals surface area contributed by atoms with Gasteiger partial charge in [-0.05, 0) is 44.4 Å². The Balaban J connectivity index is 1.66. The number of carbonyl (C=O) groups excluding carboxylic acids is 1. The molecule has 3 rings (SSSR count). The fraction of sp³-hybridized carbons (Fsp3) is 0.500. The molecule has 0 radical (unpaired) electrons. The molecule has 2 aromatic rings. The van der Waals surface area contributed by atoms with E-state index in [0.717, 1.165) is 43.0 Å². The van der Waals surface area contributed by atoms with Crippen LogP contribution in [0.25, 0.3) is 0 Å². The van der Waals surface area contributed by atoms with E-state index in [1.54, 1.807) is 24.0 Å². The molecule has 1 unspecified atom stereocenters. The van der Waals surface area contributed by atoms with Gasteiger partial charge < -0.3 is 10.2 Å². The van der Waals surface area contributed by atoms with Crippen LogP contribution in [0.1, 0.15) is 34.6 Å². The van der Waals surface area contributed by atoms with Crippen LogP contribution in [-0.2, 0) is 7.05 Å². The molecule has 1 amide bonds. The number of anilines is 1. The van der Waals surface area contributed by atoms with Crippen LogP contribution in [0.15, 0.2) is 18.3 Å². The lowest BCUT2D eigenvalue weighted by Gasteiger charge is -2.33. The van der Waals surface area contributed by atoms with E-state index in [1.807, 2.05) is 13.8 Å². The van der Waals surface area contributed by atoms with Crippen molar-refractivity contribution in [3.63, 3.8) is 0 Å². The number of hydrogen-bond acceptors (Lipinski definition) is 5. The summed E-state index contributed by atoms with van der Waals surface area (Å²) in [7, 11) is 1.80. The van der Waals surface area contributed by atoms with Crippen LogP contribution in [0.4, 0.5) is 5.82 Å². The predicted molar refractivity (Wildman–Crippen MR) is 87.4 cm³/mol. The monoisotopic (exact) mass is 314 g/mol. The number of aryl methyl sites for hydroxylation is 3. The smallest absolute Gasteiger partial charge is 0.272 e. The second kappa shape index (κ2) is 6.36. The summed E-state index contributed by atoms with van der Waals surface area (Å²) in [5.74, 6) is 0.758. The SMILES string of the molecule is Cc1cc(N2CCCC(NC(=O)c3ccn(C)n3)C2)nnc1C. The first-order valence-electron chi connectivity index (χ1n) is 7.89. The van der Waals surface area contributed by atoms with Gasteiger partial charge in [-0.15, -0.1) is 5.10 Å². The van der Waals surface area contributed by atoms with Crippen molar-refractivity contribution in [2.45, 2.75) is 32.7 Å². The average molecular weight is 314 g/mol. The lowest BCUT2D eigenvalue weighted by molar-refractivity contribution is 0.0927. The Morgan fingerprint density at radius 3 is 2.87 bits per heavy atom. The van der Waals surface area contributed by atoms with E-state index in [9.17, 15) is 4.79 Å². The van der Waals surface area contributed by atoms with Crippen LogP contribution in [0.2, 0.25) is 0 Å². The standard InChI is InChI=1S/C16H22N6O/c1-11-9-15(19-18-12(11)2)22-7-4-5-13(10-22)17-16(23)14-6-8-21(3)20-14/h6,8-9,13H,4-5,7,10H2,1-3H3,(H,17,23). The average Bonchev–Trinajstić information content (AvgIpc) is 2.97. The summed E-state index contributed by atoms with van der Waals surface area (Å²) in [4.78, 5) is 14.4. The lowest BCUT2D eigenvalue weighted by Crippen LogP contribution is -2.48. The Bertz CT molecular complexity index is 710. The van der Waals surface area contributed by atoms with Crippen LogP contribution in [0.5, 0.6) is 0 Å². The highest BCUT2D eigenvalue weighted by Crippen LogP contribution is 2.19. The molecule has 23 heavy (non-hydrogen) atoms. The molecule has 1 aliphatic rings. The molecule has 0 aliphatic carbocycles. The zero-order valence-corrected chi connectivity index (χ0v) is 13.8. The predicted octanol–water partition coefficient (Wildman–Crippen LogP) is 1.23. The molecule has 0 spiro atoms. The van der Waals surface area contributed by atoms with Gasteiger partial charge >= 0.3 is 0 Å². The van der Waals surface area contributed by atoms with Gasteiger partial charge in [0.25, 0.3) is 5.91 Å². The third-order valence-electron chi connectivity index (χ3n) is 4.25. The van der Waals surface area contributed by atoms with Gasteiger partial charge in [0.2, 0.25) is 0 Å². The number of aromatic nitrogens is 4. The van der Waals surface area contributed by atoms with E-state index in [4.69, 9.17) is 0 Å². The highest BCUT2D eigenvalue weighted by molar-refractivity contribution is 5.92. The zero-order chi connectivity index (χ0) is 16.4. The fourth-order valence-corrected chi connectivity index (χ4v) is 2.79. The van der Waals surface area contributed by atoms with Crippen molar-refractivity contribution in [2.75, 3.05) is 18.0 Å². The largest absolute Gasteiger partial charge is 0.353 e.